The van der Waals surface area contributed by atoms with Crippen molar-refractivity contribution in [1.29, 1.82) is 0 Å². The number of nitrogens with zero attached hydrogens (tertiary/aromatic N) is 1. The van der Waals surface area contributed by atoms with E-state index in [4.69, 9.17) is 5.73 Å². The molecule has 23 heavy (non-hydrogen) atoms. The Balaban J connectivity index is 0.00000156. The van der Waals surface area contributed by atoms with Gasteiger partial charge in [0.25, 0.3) is 0 Å². The molecule has 124 valence electrons. The van der Waals surface area contributed by atoms with Crippen LogP contribution < -0.4 is 5.73 Å². The maximum absolute atomic E-state index is 12.7. The van der Waals surface area contributed by atoms with E-state index >= 15 is 0 Å². The summed E-state index contributed by atoms with van der Waals surface area (Å²) in [4.78, 5) is 18.0. The van der Waals surface area contributed by atoms with Crippen molar-refractivity contribution in [1.82, 2.24) is 9.88 Å². The zero-order valence-electron chi connectivity index (χ0n) is 13.4. The Labute approximate surface area is 142 Å². The number of hydrogen-bond acceptors (Lipinski definition) is 2. The number of nitrogens with one attached hydrogen (secondary N) is 1. The molecule has 2 aliphatic rings. The first kappa shape index (κ1) is 16.3. The molecule has 1 aromatic heterocycles. The largest absolute Gasteiger partial charge is 0.361 e. The van der Waals surface area contributed by atoms with E-state index in [-0.39, 0.29) is 18.3 Å². The minimum atomic E-state index is 0. The number of hydrogen-bond donors (Lipinski definition) is 2. The summed E-state index contributed by atoms with van der Waals surface area (Å²) in [5, 5.41) is 1.17. The number of benzene rings is 1. The summed E-state index contributed by atoms with van der Waals surface area (Å²) in [6, 6.07) is 6.53. The number of halogens is 1. The number of rotatable bonds is 2. The zero-order valence-corrected chi connectivity index (χ0v) is 14.2. The van der Waals surface area contributed by atoms with Gasteiger partial charge in [-0.15, -0.1) is 12.4 Å². The van der Waals surface area contributed by atoms with E-state index in [1.807, 2.05) is 11.1 Å². The quantitative estimate of drug-likeness (QED) is 0.887. The molecule has 2 aromatic rings. The Morgan fingerprint density at radius 3 is 2.96 bits per heavy atom. The highest BCUT2D eigenvalue weighted by Gasteiger charge is 2.42. The van der Waals surface area contributed by atoms with Crippen LogP contribution in [0.3, 0.4) is 0 Å². The van der Waals surface area contributed by atoms with Gasteiger partial charge in [-0.3, -0.25) is 4.79 Å². The second-order valence-electron chi connectivity index (χ2n) is 6.95. The third-order valence-corrected chi connectivity index (χ3v) is 5.62. The highest BCUT2D eigenvalue weighted by molar-refractivity contribution is 5.90. The van der Waals surface area contributed by atoms with E-state index < -0.39 is 0 Å². The van der Waals surface area contributed by atoms with Crippen molar-refractivity contribution < 1.29 is 4.79 Å². The summed E-state index contributed by atoms with van der Waals surface area (Å²) in [6.07, 6.45) is 4.78. The van der Waals surface area contributed by atoms with Crippen molar-refractivity contribution in [2.75, 3.05) is 13.1 Å². The number of aryl methyl sites for hydroxylation is 1. The fourth-order valence-electron chi connectivity index (χ4n) is 4.30. The number of carbonyl (C=O) groups excluding carboxylic acids is 1. The summed E-state index contributed by atoms with van der Waals surface area (Å²) in [6.45, 7) is 3.85. The first-order chi connectivity index (χ1) is 10.6. The summed E-state index contributed by atoms with van der Waals surface area (Å²) in [5.41, 5.74) is 9.63. The smallest absolute Gasteiger partial charge is 0.227 e. The van der Waals surface area contributed by atoms with Gasteiger partial charge >= 0.3 is 0 Å². The molecule has 1 saturated carbocycles. The topological polar surface area (TPSA) is 62.1 Å². The van der Waals surface area contributed by atoms with Crippen LogP contribution in [0.15, 0.2) is 24.4 Å². The lowest BCUT2D eigenvalue weighted by atomic mass is 9.98. The first-order valence-corrected chi connectivity index (χ1v) is 8.22. The average Bonchev–Trinajstić information content (AvgIpc) is 3.17. The Morgan fingerprint density at radius 1 is 1.35 bits per heavy atom. The van der Waals surface area contributed by atoms with Gasteiger partial charge in [-0.05, 0) is 42.7 Å². The van der Waals surface area contributed by atoms with E-state index in [0.717, 1.165) is 30.6 Å². The number of aromatic amines is 1. The Bertz CT molecular complexity index is 726. The van der Waals surface area contributed by atoms with Gasteiger partial charge in [-0.25, -0.2) is 0 Å². The van der Waals surface area contributed by atoms with Crippen LogP contribution >= 0.6 is 12.4 Å². The molecule has 3 N–H and O–H groups in total. The third-order valence-electron chi connectivity index (χ3n) is 5.62. The maximum Gasteiger partial charge on any atom is 0.227 e. The highest BCUT2D eigenvalue weighted by Crippen LogP contribution is 2.37. The molecular formula is C18H24ClN3O. The molecule has 1 aromatic carbocycles. The van der Waals surface area contributed by atoms with Crippen molar-refractivity contribution in [3.05, 3.63) is 35.5 Å². The second-order valence-corrected chi connectivity index (χ2v) is 6.95. The summed E-state index contributed by atoms with van der Waals surface area (Å²) in [7, 11) is 0. The van der Waals surface area contributed by atoms with E-state index in [2.05, 4.69) is 30.1 Å². The Morgan fingerprint density at radius 2 is 2.17 bits per heavy atom. The van der Waals surface area contributed by atoms with Crippen molar-refractivity contribution in [2.45, 2.75) is 32.2 Å². The highest BCUT2D eigenvalue weighted by atomic mass is 35.5. The fourth-order valence-corrected chi connectivity index (χ4v) is 4.30. The number of likely N-dealkylation sites (tertiary alicyclic amines) is 1. The number of carbonyl (C=O) groups is 1. The van der Waals surface area contributed by atoms with Gasteiger partial charge < -0.3 is 15.6 Å². The van der Waals surface area contributed by atoms with Crippen LogP contribution in [0.4, 0.5) is 0 Å². The molecule has 1 saturated heterocycles. The molecule has 4 nitrogen and oxygen atoms in total. The number of para-hydroxylation sites is 1. The fraction of sp³-hybridized carbons (Fsp3) is 0.500. The third kappa shape index (κ3) is 2.74. The number of amides is 1. The molecule has 0 radical (unpaired) electrons. The van der Waals surface area contributed by atoms with E-state index in [1.54, 1.807) is 0 Å². The van der Waals surface area contributed by atoms with Crippen LogP contribution in [0, 0.1) is 18.8 Å². The summed E-state index contributed by atoms with van der Waals surface area (Å²) in [5.74, 6) is 1.39. The molecule has 2 heterocycles. The predicted molar refractivity (Wildman–Crippen MR) is 94.8 cm³/mol. The lowest BCUT2D eigenvalue weighted by Gasteiger charge is -2.18. The molecule has 2 fully saturated rings. The van der Waals surface area contributed by atoms with Crippen molar-refractivity contribution in [2.24, 2.45) is 17.6 Å². The van der Waals surface area contributed by atoms with Crippen LogP contribution in [-0.4, -0.2) is 34.9 Å². The van der Waals surface area contributed by atoms with Gasteiger partial charge in [0.15, 0.2) is 0 Å². The van der Waals surface area contributed by atoms with Gasteiger partial charge in [-0.2, -0.15) is 0 Å². The second kappa shape index (κ2) is 6.17. The van der Waals surface area contributed by atoms with E-state index in [9.17, 15) is 4.79 Å². The number of nitrogens with two attached hydrogens (primary N) is 1. The molecule has 3 atom stereocenters. The van der Waals surface area contributed by atoms with E-state index in [1.165, 1.54) is 17.4 Å². The molecule has 1 aliphatic heterocycles. The normalized spacial score (nSPS) is 26.3. The Hall–Kier alpha value is -1.52. The molecular weight excluding hydrogens is 310 g/mol. The van der Waals surface area contributed by atoms with Gasteiger partial charge in [0.05, 0.1) is 6.42 Å². The lowest BCUT2D eigenvalue weighted by Crippen LogP contribution is -2.34. The number of aromatic nitrogens is 1. The monoisotopic (exact) mass is 333 g/mol. The standard InChI is InChI=1S/C18H23N3O.ClH/c1-11-3-2-4-14-13(8-20-18(11)14)7-17(22)21-9-12-5-6-16(19)15(12)10-21;/h2-4,8,12,15-16,20H,5-7,9-10,19H2,1H3;1H. The minimum absolute atomic E-state index is 0. The SMILES string of the molecule is Cc1cccc2c(CC(=O)N3CC4CCC(N)C4C3)c[nH]c12.Cl. The van der Waals surface area contributed by atoms with Crippen LogP contribution in [0.5, 0.6) is 0 Å². The van der Waals surface area contributed by atoms with Gasteiger partial charge in [0, 0.05) is 36.2 Å². The molecule has 0 bridgehead atoms. The molecule has 4 rings (SSSR count). The molecule has 1 aliphatic carbocycles. The first-order valence-electron chi connectivity index (χ1n) is 8.22. The van der Waals surface area contributed by atoms with Crippen molar-refractivity contribution >= 4 is 29.2 Å². The maximum atomic E-state index is 12.7. The van der Waals surface area contributed by atoms with Crippen molar-refractivity contribution in [3.8, 4) is 0 Å². The predicted octanol–water partition coefficient (Wildman–Crippen LogP) is 2.64. The summed E-state index contributed by atoms with van der Waals surface area (Å²) >= 11 is 0. The lowest BCUT2D eigenvalue weighted by molar-refractivity contribution is -0.129. The molecule has 1 amide bonds. The molecule has 5 heteroatoms. The number of H-pyrrole nitrogens is 1. The molecule has 3 unspecified atom stereocenters. The van der Waals surface area contributed by atoms with Crippen molar-refractivity contribution in [3.63, 3.8) is 0 Å². The average molecular weight is 334 g/mol. The van der Waals surface area contributed by atoms with Gasteiger partial charge in [-0.1, -0.05) is 18.2 Å². The van der Waals surface area contributed by atoms with Crippen LogP contribution in [0.25, 0.3) is 10.9 Å². The Kier molecular flexibility index (Phi) is 4.39. The number of fused-ring (bicyclic) bond motifs is 2. The van der Waals surface area contributed by atoms with Gasteiger partial charge in [0.2, 0.25) is 5.91 Å². The molecule has 0 spiro atoms. The van der Waals surface area contributed by atoms with Gasteiger partial charge in [0.1, 0.15) is 0 Å². The zero-order chi connectivity index (χ0) is 15.3. The van der Waals surface area contributed by atoms with E-state index in [0.29, 0.717) is 24.3 Å². The van der Waals surface area contributed by atoms with Crippen LogP contribution in [0.2, 0.25) is 0 Å². The van der Waals surface area contributed by atoms with Crippen LogP contribution in [-0.2, 0) is 11.2 Å². The summed E-state index contributed by atoms with van der Waals surface area (Å²) < 4.78 is 0. The van der Waals surface area contributed by atoms with Crippen LogP contribution in [0.1, 0.15) is 24.0 Å². The minimum Gasteiger partial charge on any atom is -0.361 e.